The van der Waals surface area contributed by atoms with Gasteiger partial charge in [-0.15, -0.1) is 12.4 Å². The Labute approximate surface area is 185 Å². The number of rotatable bonds is 11. The number of benzene rings is 2. The standard InChI is InChI=1S/C21H30N2O5S.ClH/c1-16-14-18(22-29(5,24)25)7-9-19(16)28-13-12-23(2)11-10-17-6-8-20(26-3)21(15-17)27-4;/h6-9,14-15,22H,10-13H2,1-5H3;1H. The monoisotopic (exact) mass is 458 g/mol. The molecule has 1 N–H and O–H groups in total. The van der Waals surface area contributed by atoms with Crippen molar-refractivity contribution in [3.63, 3.8) is 0 Å². The van der Waals surface area contributed by atoms with Gasteiger partial charge >= 0.3 is 0 Å². The Hall–Kier alpha value is -2.16. The number of hydrogen-bond acceptors (Lipinski definition) is 6. The van der Waals surface area contributed by atoms with Crippen molar-refractivity contribution < 1.29 is 22.6 Å². The van der Waals surface area contributed by atoms with Crippen LogP contribution in [-0.2, 0) is 16.4 Å². The van der Waals surface area contributed by atoms with E-state index in [1.807, 2.05) is 25.1 Å². The summed E-state index contributed by atoms with van der Waals surface area (Å²) in [6, 6.07) is 11.2. The Kier molecular flexibility index (Phi) is 10.2. The summed E-state index contributed by atoms with van der Waals surface area (Å²) in [5.41, 5.74) is 2.59. The largest absolute Gasteiger partial charge is 0.493 e. The molecule has 0 aliphatic carbocycles. The van der Waals surface area contributed by atoms with Crippen LogP contribution in [0.4, 0.5) is 5.69 Å². The maximum atomic E-state index is 11.3. The van der Waals surface area contributed by atoms with Gasteiger partial charge in [-0.25, -0.2) is 8.42 Å². The first-order chi connectivity index (χ1) is 13.7. The smallest absolute Gasteiger partial charge is 0.229 e. The highest BCUT2D eigenvalue weighted by atomic mass is 35.5. The molecule has 9 heteroatoms. The Balaban J connectivity index is 0.00000450. The fourth-order valence-electron chi connectivity index (χ4n) is 2.87. The Morgan fingerprint density at radius 2 is 1.63 bits per heavy atom. The Morgan fingerprint density at radius 3 is 2.23 bits per heavy atom. The van der Waals surface area contributed by atoms with Crippen LogP contribution in [0.25, 0.3) is 0 Å². The molecular weight excluding hydrogens is 428 g/mol. The number of nitrogens with zero attached hydrogens (tertiary/aromatic N) is 1. The van der Waals surface area contributed by atoms with E-state index in [1.165, 1.54) is 5.56 Å². The van der Waals surface area contributed by atoms with Crippen LogP contribution in [0.1, 0.15) is 11.1 Å². The lowest BCUT2D eigenvalue weighted by atomic mass is 10.1. The van der Waals surface area contributed by atoms with Crippen molar-refractivity contribution in [2.45, 2.75) is 13.3 Å². The van der Waals surface area contributed by atoms with Gasteiger partial charge in [0, 0.05) is 18.8 Å². The molecule has 0 spiro atoms. The first-order valence-electron chi connectivity index (χ1n) is 9.32. The normalized spacial score (nSPS) is 11.0. The summed E-state index contributed by atoms with van der Waals surface area (Å²) in [5.74, 6) is 2.21. The second-order valence-electron chi connectivity index (χ2n) is 6.95. The minimum atomic E-state index is -3.29. The highest BCUT2D eigenvalue weighted by Gasteiger charge is 2.08. The molecule has 0 heterocycles. The van der Waals surface area contributed by atoms with Gasteiger partial charge in [0.2, 0.25) is 10.0 Å². The van der Waals surface area contributed by atoms with Crippen LogP contribution in [0.3, 0.4) is 0 Å². The van der Waals surface area contributed by atoms with Gasteiger partial charge in [0.05, 0.1) is 20.5 Å². The van der Waals surface area contributed by atoms with Crippen LogP contribution in [0.5, 0.6) is 17.2 Å². The van der Waals surface area contributed by atoms with Crippen molar-refractivity contribution in [2.24, 2.45) is 0 Å². The van der Waals surface area contributed by atoms with Gasteiger partial charge in [0.25, 0.3) is 0 Å². The molecule has 2 aromatic rings. The predicted octanol–water partition coefficient (Wildman–Crippen LogP) is 3.36. The first-order valence-corrected chi connectivity index (χ1v) is 11.2. The van der Waals surface area contributed by atoms with E-state index >= 15 is 0 Å². The summed E-state index contributed by atoms with van der Waals surface area (Å²) in [4.78, 5) is 2.20. The summed E-state index contributed by atoms with van der Waals surface area (Å²) >= 11 is 0. The highest BCUT2D eigenvalue weighted by Crippen LogP contribution is 2.27. The average molecular weight is 459 g/mol. The van der Waals surface area contributed by atoms with Crippen molar-refractivity contribution in [2.75, 3.05) is 51.9 Å². The molecular formula is C21H31ClN2O5S. The number of methoxy groups -OCH3 is 2. The molecule has 0 aliphatic rings. The number of hydrogen-bond donors (Lipinski definition) is 1. The highest BCUT2D eigenvalue weighted by molar-refractivity contribution is 7.92. The Morgan fingerprint density at radius 1 is 0.967 bits per heavy atom. The topological polar surface area (TPSA) is 77.1 Å². The third-order valence-corrected chi connectivity index (χ3v) is 5.05. The molecule has 7 nitrogen and oxygen atoms in total. The zero-order valence-electron chi connectivity index (χ0n) is 18.1. The van der Waals surface area contributed by atoms with E-state index in [2.05, 4.69) is 16.7 Å². The summed E-state index contributed by atoms with van der Waals surface area (Å²) in [5, 5.41) is 0. The van der Waals surface area contributed by atoms with Crippen molar-refractivity contribution in [3.8, 4) is 17.2 Å². The first kappa shape index (κ1) is 25.9. The number of sulfonamides is 1. The van der Waals surface area contributed by atoms with E-state index in [0.717, 1.165) is 48.6 Å². The number of nitrogens with one attached hydrogen (secondary N) is 1. The maximum absolute atomic E-state index is 11.3. The number of ether oxygens (including phenoxy) is 3. The minimum Gasteiger partial charge on any atom is -0.493 e. The molecule has 0 amide bonds. The fraction of sp³-hybridized carbons (Fsp3) is 0.429. The van der Waals surface area contributed by atoms with Crippen LogP contribution >= 0.6 is 12.4 Å². The molecule has 0 bridgehead atoms. The summed E-state index contributed by atoms with van der Waals surface area (Å²) in [6.45, 7) is 4.09. The summed E-state index contributed by atoms with van der Waals surface area (Å²) in [6.07, 6.45) is 2.02. The molecule has 0 fully saturated rings. The molecule has 2 rings (SSSR count). The van der Waals surface area contributed by atoms with E-state index in [9.17, 15) is 8.42 Å². The van der Waals surface area contributed by atoms with E-state index in [-0.39, 0.29) is 12.4 Å². The van der Waals surface area contributed by atoms with Crippen molar-refractivity contribution in [1.29, 1.82) is 0 Å². The van der Waals surface area contributed by atoms with Crippen molar-refractivity contribution in [3.05, 3.63) is 47.5 Å². The van der Waals surface area contributed by atoms with Crippen molar-refractivity contribution in [1.82, 2.24) is 4.90 Å². The zero-order valence-corrected chi connectivity index (χ0v) is 19.7. The summed E-state index contributed by atoms with van der Waals surface area (Å²) < 4.78 is 41.6. The third kappa shape index (κ3) is 8.30. The fourth-order valence-corrected chi connectivity index (χ4v) is 3.42. The van der Waals surface area contributed by atoms with E-state index in [0.29, 0.717) is 12.3 Å². The molecule has 0 unspecified atom stereocenters. The Bertz CT molecular complexity index is 922. The lowest BCUT2D eigenvalue weighted by Gasteiger charge is -2.18. The average Bonchev–Trinajstić information content (AvgIpc) is 2.66. The van der Waals surface area contributed by atoms with Crippen LogP contribution < -0.4 is 18.9 Å². The lowest BCUT2D eigenvalue weighted by molar-refractivity contribution is 0.238. The molecule has 0 saturated carbocycles. The van der Waals surface area contributed by atoms with Gasteiger partial charge in [-0.1, -0.05) is 6.07 Å². The molecule has 2 aromatic carbocycles. The maximum Gasteiger partial charge on any atom is 0.229 e. The van der Waals surface area contributed by atoms with E-state index < -0.39 is 10.0 Å². The van der Waals surface area contributed by atoms with Gasteiger partial charge in [-0.05, 0) is 61.9 Å². The quantitative estimate of drug-likeness (QED) is 0.556. The van der Waals surface area contributed by atoms with Crippen LogP contribution in [-0.4, -0.2) is 60.5 Å². The van der Waals surface area contributed by atoms with Crippen molar-refractivity contribution >= 4 is 28.1 Å². The van der Waals surface area contributed by atoms with Gasteiger partial charge in [0.15, 0.2) is 11.5 Å². The van der Waals surface area contributed by atoms with Crippen LogP contribution in [0.2, 0.25) is 0 Å². The van der Waals surface area contributed by atoms with E-state index in [1.54, 1.807) is 32.4 Å². The molecule has 0 saturated heterocycles. The van der Waals surface area contributed by atoms with E-state index in [4.69, 9.17) is 14.2 Å². The van der Waals surface area contributed by atoms with Gasteiger partial charge in [-0.3, -0.25) is 4.72 Å². The number of aryl methyl sites for hydroxylation is 1. The molecule has 30 heavy (non-hydrogen) atoms. The predicted molar refractivity (Wildman–Crippen MR) is 123 cm³/mol. The third-order valence-electron chi connectivity index (χ3n) is 4.44. The van der Waals surface area contributed by atoms with Gasteiger partial charge in [0.1, 0.15) is 12.4 Å². The molecule has 0 atom stereocenters. The number of halogens is 1. The summed E-state index contributed by atoms with van der Waals surface area (Å²) in [7, 11) is 2.03. The number of anilines is 1. The second-order valence-corrected chi connectivity index (χ2v) is 8.69. The molecule has 0 radical (unpaired) electrons. The molecule has 0 aliphatic heterocycles. The van der Waals surface area contributed by atoms with Gasteiger partial charge < -0.3 is 19.1 Å². The molecule has 0 aromatic heterocycles. The zero-order chi connectivity index (χ0) is 21.4. The van der Waals surface area contributed by atoms with Crippen LogP contribution in [0, 0.1) is 6.92 Å². The number of likely N-dealkylation sites (N-methyl/N-ethyl adjacent to an activating group) is 1. The van der Waals surface area contributed by atoms with Gasteiger partial charge in [-0.2, -0.15) is 0 Å². The molecule has 168 valence electrons. The minimum absolute atomic E-state index is 0. The lowest BCUT2D eigenvalue weighted by Crippen LogP contribution is -2.26. The van der Waals surface area contributed by atoms with Crippen LogP contribution in [0.15, 0.2) is 36.4 Å². The SMILES string of the molecule is COc1ccc(CCN(C)CCOc2ccc(NS(C)(=O)=O)cc2C)cc1OC.Cl. The second kappa shape index (κ2) is 11.9.